The molecule has 0 fully saturated rings. The van der Waals surface area contributed by atoms with Crippen LogP contribution in [-0.4, -0.2) is 5.91 Å². The smallest absolute Gasteiger partial charge is 0.255 e. The van der Waals surface area contributed by atoms with Crippen molar-refractivity contribution in [3.8, 4) is 0 Å². The van der Waals surface area contributed by atoms with Crippen LogP contribution in [0.3, 0.4) is 0 Å². The van der Waals surface area contributed by atoms with Crippen molar-refractivity contribution in [2.24, 2.45) is 5.73 Å². The number of hydrogen-bond donors (Lipinski definition) is 2. The van der Waals surface area contributed by atoms with Crippen molar-refractivity contribution in [2.75, 3.05) is 0 Å². The average molecular weight is 272 g/mol. The summed E-state index contributed by atoms with van der Waals surface area (Å²) in [6.45, 7) is 2.40. The zero-order chi connectivity index (χ0) is 14.4. The Labute approximate surface area is 119 Å². The van der Waals surface area contributed by atoms with Gasteiger partial charge in [0.15, 0.2) is 0 Å². The third-order valence-corrected chi connectivity index (χ3v) is 3.20. The van der Waals surface area contributed by atoms with E-state index in [1.165, 1.54) is 6.26 Å². The number of benzene rings is 1. The first-order chi connectivity index (χ1) is 9.74. The molecule has 0 bridgehead atoms. The predicted molar refractivity (Wildman–Crippen MR) is 78.2 cm³/mol. The number of carbonyl (C=O) groups is 1. The zero-order valence-electron chi connectivity index (χ0n) is 11.6. The summed E-state index contributed by atoms with van der Waals surface area (Å²) in [7, 11) is 0. The van der Waals surface area contributed by atoms with Crippen LogP contribution in [0.1, 0.15) is 47.5 Å². The average Bonchev–Trinajstić information content (AvgIpc) is 2.97. The van der Waals surface area contributed by atoms with Crippen molar-refractivity contribution in [1.29, 1.82) is 0 Å². The summed E-state index contributed by atoms with van der Waals surface area (Å²) in [6.07, 6.45) is 3.35. The van der Waals surface area contributed by atoms with Crippen LogP contribution in [-0.2, 0) is 6.54 Å². The van der Waals surface area contributed by atoms with E-state index in [9.17, 15) is 4.79 Å². The van der Waals surface area contributed by atoms with Gasteiger partial charge in [-0.3, -0.25) is 4.79 Å². The van der Waals surface area contributed by atoms with Gasteiger partial charge in [0, 0.05) is 0 Å². The van der Waals surface area contributed by atoms with Gasteiger partial charge in [-0.25, -0.2) is 0 Å². The van der Waals surface area contributed by atoms with Crippen LogP contribution in [0.15, 0.2) is 47.1 Å². The highest BCUT2D eigenvalue weighted by molar-refractivity contribution is 5.94. The Morgan fingerprint density at radius 2 is 2.10 bits per heavy atom. The van der Waals surface area contributed by atoms with Gasteiger partial charge in [0.2, 0.25) is 0 Å². The molecule has 0 aliphatic carbocycles. The lowest BCUT2D eigenvalue weighted by molar-refractivity contribution is 0.0934. The Kier molecular flexibility index (Phi) is 4.96. The second kappa shape index (κ2) is 6.91. The molecule has 1 amide bonds. The van der Waals surface area contributed by atoms with Gasteiger partial charge in [0.25, 0.3) is 5.91 Å². The first-order valence-electron chi connectivity index (χ1n) is 6.88. The summed E-state index contributed by atoms with van der Waals surface area (Å²) in [5.74, 6) is 0.484. The minimum Gasteiger partial charge on any atom is -0.467 e. The molecular formula is C16H20N2O2. The van der Waals surface area contributed by atoms with Crippen molar-refractivity contribution in [3.63, 3.8) is 0 Å². The molecule has 2 aromatic rings. The molecule has 0 saturated carbocycles. The minimum atomic E-state index is -0.129. The Balaban J connectivity index is 2.10. The standard InChI is InChI=1S/C16H20N2O2/c1-2-6-15(12-7-4-3-5-8-12)18-16(19)13-9-14(10-17)20-11-13/h3-5,7-9,11,15H,2,6,10,17H2,1H3,(H,18,19). The fraction of sp³-hybridized carbons (Fsp3) is 0.312. The van der Waals surface area contributed by atoms with E-state index in [1.807, 2.05) is 30.3 Å². The van der Waals surface area contributed by atoms with Gasteiger partial charge in [-0.1, -0.05) is 43.7 Å². The van der Waals surface area contributed by atoms with Crippen LogP contribution in [0, 0.1) is 0 Å². The van der Waals surface area contributed by atoms with Gasteiger partial charge in [-0.2, -0.15) is 0 Å². The van der Waals surface area contributed by atoms with Crippen molar-refractivity contribution < 1.29 is 9.21 Å². The number of nitrogens with two attached hydrogens (primary N) is 1. The summed E-state index contributed by atoms with van der Waals surface area (Å²) in [5, 5.41) is 3.05. The Morgan fingerprint density at radius 1 is 1.35 bits per heavy atom. The molecule has 0 aliphatic heterocycles. The number of hydrogen-bond acceptors (Lipinski definition) is 3. The normalized spacial score (nSPS) is 12.1. The van der Waals surface area contributed by atoms with E-state index < -0.39 is 0 Å². The molecule has 4 heteroatoms. The molecule has 1 atom stereocenters. The van der Waals surface area contributed by atoms with Crippen LogP contribution in [0.5, 0.6) is 0 Å². The molecule has 1 unspecified atom stereocenters. The second-order valence-corrected chi connectivity index (χ2v) is 4.73. The minimum absolute atomic E-state index is 0.0185. The summed E-state index contributed by atoms with van der Waals surface area (Å²) in [4.78, 5) is 12.2. The van der Waals surface area contributed by atoms with E-state index in [4.69, 9.17) is 10.2 Å². The van der Waals surface area contributed by atoms with Gasteiger partial charge in [-0.15, -0.1) is 0 Å². The summed E-state index contributed by atoms with van der Waals surface area (Å²) in [5.41, 5.74) is 7.11. The molecule has 3 N–H and O–H groups in total. The van der Waals surface area contributed by atoms with E-state index >= 15 is 0 Å². The number of furan rings is 1. The Bertz CT molecular complexity index is 549. The van der Waals surface area contributed by atoms with E-state index in [1.54, 1.807) is 6.07 Å². The molecule has 1 aromatic carbocycles. The van der Waals surface area contributed by atoms with Crippen molar-refractivity contribution in [1.82, 2.24) is 5.32 Å². The molecule has 1 aromatic heterocycles. The van der Waals surface area contributed by atoms with Gasteiger partial charge in [0.1, 0.15) is 12.0 Å². The van der Waals surface area contributed by atoms with Gasteiger partial charge in [-0.05, 0) is 18.1 Å². The van der Waals surface area contributed by atoms with Crippen LogP contribution in [0.2, 0.25) is 0 Å². The molecule has 0 saturated heterocycles. The van der Waals surface area contributed by atoms with Crippen LogP contribution in [0.4, 0.5) is 0 Å². The number of amides is 1. The molecule has 0 aliphatic rings. The zero-order valence-corrected chi connectivity index (χ0v) is 11.6. The van der Waals surface area contributed by atoms with Crippen LogP contribution < -0.4 is 11.1 Å². The fourth-order valence-corrected chi connectivity index (χ4v) is 2.14. The highest BCUT2D eigenvalue weighted by atomic mass is 16.3. The number of carbonyl (C=O) groups excluding carboxylic acids is 1. The lowest BCUT2D eigenvalue weighted by Gasteiger charge is -2.18. The maximum absolute atomic E-state index is 12.2. The number of rotatable bonds is 6. The Morgan fingerprint density at radius 3 is 2.70 bits per heavy atom. The van der Waals surface area contributed by atoms with Crippen molar-refractivity contribution >= 4 is 5.91 Å². The first-order valence-corrected chi connectivity index (χ1v) is 6.88. The maximum atomic E-state index is 12.2. The molecule has 2 rings (SSSR count). The third kappa shape index (κ3) is 3.48. The monoisotopic (exact) mass is 272 g/mol. The molecular weight excluding hydrogens is 252 g/mol. The van der Waals surface area contributed by atoms with Crippen molar-refractivity contribution in [3.05, 3.63) is 59.5 Å². The summed E-state index contributed by atoms with van der Waals surface area (Å²) >= 11 is 0. The quantitative estimate of drug-likeness (QED) is 0.849. The SMILES string of the molecule is CCCC(NC(=O)c1coc(CN)c1)c1ccccc1. The lowest BCUT2D eigenvalue weighted by Crippen LogP contribution is -2.28. The molecule has 1 heterocycles. The molecule has 106 valence electrons. The molecule has 20 heavy (non-hydrogen) atoms. The van der Waals surface area contributed by atoms with Crippen LogP contribution in [0.25, 0.3) is 0 Å². The van der Waals surface area contributed by atoms with E-state index in [-0.39, 0.29) is 11.9 Å². The summed E-state index contributed by atoms with van der Waals surface area (Å²) < 4.78 is 5.20. The topological polar surface area (TPSA) is 68.3 Å². The fourth-order valence-electron chi connectivity index (χ4n) is 2.14. The largest absolute Gasteiger partial charge is 0.467 e. The highest BCUT2D eigenvalue weighted by Crippen LogP contribution is 2.19. The molecule has 0 radical (unpaired) electrons. The predicted octanol–water partition coefficient (Wildman–Crippen LogP) is 3.01. The first kappa shape index (κ1) is 14.3. The van der Waals surface area contributed by atoms with E-state index in [2.05, 4.69) is 12.2 Å². The third-order valence-electron chi connectivity index (χ3n) is 3.20. The van der Waals surface area contributed by atoms with Crippen molar-refractivity contribution in [2.45, 2.75) is 32.4 Å². The molecule has 0 spiro atoms. The number of nitrogens with one attached hydrogen (secondary N) is 1. The van der Waals surface area contributed by atoms with E-state index in [0.717, 1.165) is 18.4 Å². The maximum Gasteiger partial charge on any atom is 0.255 e. The van der Waals surface area contributed by atoms with Gasteiger partial charge >= 0.3 is 0 Å². The van der Waals surface area contributed by atoms with E-state index in [0.29, 0.717) is 17.9 Å². The Hall–Kier alpha value is -2.07. The molecule has 4 nitrogen and oxygen atoms in total. The van der Waals surface area contributed by atoms with Gasteiger partial charge < -0.3 is 15.5 Å². The highest BCUT2D eigenvalue weighted by Gasteiger charge is 2.16. The summed E-state index contributed by atoms with van der Waals surface area (Å²) in [6, 6.07) is 11.7. The van der Waals surface area contributed by atoms with Crippen LogP contribution >= 0.6 is 0 Å². The second-order valence-electron chi connectivity index (χ2n) is 4.73. The lowest BCUT2D eigenvalue weighted by atomic mass is 10.0. The van der Waals surface area contributed by atoms with Gasteiger partial charge in [0.05, 0.1) is 18.2 Å².